The van der Waals surface area contributed by atoms with Crippen LogP contribution < -0.4 is 4.90 Å². The molecule has 1 aromatic carbocycles. The zero-order chi connectivity index (χ0) is 22.1. The van der Waals surface area contributed by atoms with Gasteiger partial charge in [-0.05, 0) is 38.5 Å². The van der Waals surface area contributed by atoms with Crippen LogP contribution in [-0.4, -0.2) is 35.7 Å². The molecule has 0 aromatic heterocycles. The van der Waals surface area contributed by atoms with Crippen LogP contribution in [0.3, 0.4) is 0 Å². The zero-order valence-electron chi connectivity index (χ0n) is 16.7. The smallest absolute Gasteiger partial charge is 0.375 e. The summed E-state index contributed by atoms with van der Waals surface area (Å²) in [6, 6.07) is 4.37. The molecule has 3 saturated heterocycles. The normalized spacial score (nSPS) is 35.1. The molecule has 0 aliphatic carbocycles. The van der Waals surface area contributed by atoms with Crippen LogP contribution in [0.5, 0.6) is 0 Å². The molecule has 1 aromatic rings. The van der Waals surface area contributed by atoms with Gasteiger partial charge in [-0.1, -0.05) is 6.92 Å². The molecule has 4 rings (SSSR count). The van der Waals surface area contributed by atoms with E-state index in [1.54, 1.807) is 13.8 Å². The molecule has 2 amide bonds. The molecule has 6 nitrogen and oxygen atoms in total. The molecule has 3 fully saturated rings. The van der Waals surface area contributed by atoms with E-state index in [-0.39, 0.29) is 11.8 Å². The maximum atomic E-state index is 13.4. The van der Waals surface area contributed by atoms with Gasteiger partial charge in [-0.2, -0.15) is 18.4 Å². The largest absolute Gasteiger partial charge is 0.417 e. The summed E-state index contributed by atoms with van der Waals surface area (Å²) >= 11 is 0. The summed E-state index contributed by atoms with van der Waals surface area (Å²) in [4.78, 5) is 27.3. The molecule has 2 bridgehead atoms. The van der Waals surface area contributed by atoms with E-state index in [2.05, 4.69) is 0 Å². The van der Waals surface area contributed by atoms with Gasteiger partial charge in [-0.25, -0.2) is 4.90 Å². The van der Waals surface area contributed by atoms with Crippen molar-refractivity contribution in [2.75, 3.05) is 11.5 Å². The van der Waals surface area contributed by atoms with E-state index in [1.807, 2.05) is 6.92 Å². The van der Waals surface area contributed by atoms with Crippen LogP contribution in [0, 0.1) is 23.2 Å². The number of ether oxygens (including phenoxy) is 2. The molecule has 30 heavy (non-hydrogen) atoms. The predicted octanol–water partition coefficient (Wildman–Crippen LogP) is 3.43. The Kier molecular flexibility index (Phi) is 4.53. The molecule has 3 aliphatic rings. The van der Waals surface area contributed by atoms with Crippen LogP contribution in [0.2, 0.25) is 0 Å². The maximum absolute atomic E-state index is 13.4. The van der Waals surface area contributed by atoms with Gasteiger partial charge in [0, 0.05) is 13.0 Å². The Bertz CT molecular complexity index is 972. The summed E-state index contributed by atoms with van der Waals surface area (Å²) in [7, 11) is 0. The van der Waals surface area contributed by atoms with E-state index in [4.69, 9.17) is 14.7 Å². The summed E-state index contributed by atoms with van der Waals surface area (Å²) in [6.07, 6.45) is -3.96. The molecule has 5 atom stereocenters. The van der Waals surface area contributed by atoms with Crippen LogP contribution in [0.4, 0.5) is 18.9 Å². The van der Waals surface area contributed by atoms with Gasteiger partial charge in [0.15, 0.2) is 0 Å². The van der Waals surface area contributed by atoms with Crippen molar-refractivity contribution in [1.82, 2.24) is 0 Å². The summed E-state index contributed by atoms with van der Waals surface area (Å²) in [6.45, 7) is 5.92. The minimum Gasteiger partial charge on any atom is -0.375 e. The van der Waals surface area contributed by atoms with Crippen molar-refractivity contribution in [2.45, 2.75) is 57.1 Å². The summed E-state index contributed by atoms with van der Waals surface area (Å²) < 4.78 is 52.2. The van der Waals surface area contributed by atoms with Gasteiger partial charge in [0.05, 0.1) is 46.4 Å². The molecular formula is C21H21F3N2O4. The number of hydrogen-bond donors (Lipinski definition) is 0. The number of rotatable bonds is 4. The molecule has 0 radical (unpaired) electrons. The van der Waals surface area contributed by atoms with Crippen molar-refractivity contribution < 1.29 is 32.2 Å². The fraction of sp³-hybridized carbons (Fsp3) is 0.571. The fourth-order valence-electron chi connectivity index (χ4n) is 5.24. The van der Waals surface area contributed by atoms with Crippen LogP contribution in [0.25, 0.3) is 0 Å². The second kappa shape index (κ2) is 6.53. The average Bonchev–Trinajstić information content (AvgIpc) is 3.19. The van der Waals surface area contributed by atoms with Gasteiger partial charge < -0.3 is 9.47 Å². The lowest BCUT2D eigenvalue weighted by atomic mass is 9.67. The topological polar surface area (TPSA) is 79.6 Å². The molecule has 3 aliphatic heterocycles. The number of nitriles is 1. The number of hydrogen-bond acceptors (Lipinski definition) is 5. The minimum atomic E-state index is -4.79. The molecular weight excluding hydrogens is 401 g/mol. The van der Waals surface area contributed by atoms with E-state index in [9.17, 15) is 22.8 Å². The van der Waals surface area contributed by atoms with E-state index < -0.39 is 52.2 Å². The molecule has 0 unspecified atom stereocenters. The van der Waals surface area contributed by atoms with Gasteiger partial charge >= 0.3 is 6.18 Å². The number of benzene rings is 1. The highest BCUT2D eigenvalue weighted by Crippen LogP contribution is 2.61. The second-order valence-corrected chi connectivity index (χ2v) is 8.47. The number of alkyl halides is 3. The lowest BCUT2D eigenvalue weighted by Gasteiger charge is -2.35. The Labute approximate surface area is 171 Å². The van der Waals surface area contributed by atoms with Crippen molar-refractivity contribution >= 4 is 17.5 Å². The highest BCUT2D eigenvalue weighted by molar-refractivity contribution is 6.23. The van der Waals surface area contributed by atoms with E-state index >= 15 is 0 Å². The van der Waals surface area contributed by atoms with Gasteiger partial charge in [0.2, 0.25) is 11.8 Å². The van der Waals surface area contributed by atoms with Crippen LogP contribution in [-0.2, 0) is 25.2 Å². The summed E-state index contributed by atoms with van der Waals surface area (Å²) in [5.74, 6) is -2.81. The fourth-order valence-corrected chi connectivity index (χ4v) is 5.24. The number of carbonyl (C=O) groups excluding carboxylic acids is 2. The molecule has 0 N–H and O–H groups in total. The Morgan fingerprint density at radius 2 is 1.93 bits per heavy atom. The third-order valence-electron chi connectivity index (χ3n) is 6.48. The first-order chi connectivity index (χ1) is 14.0. The number of fused-ring (bicyclic) bond motifs is 5. The van der Waals surface area contributed by atoms with Gasteiger partial charge in [0.1, 0.15) is 5.60 Å². The Morgan fingerprint density at radius 3 is 2.53 bits per heavy atom. The second-order valence-electron chi connectivity index (χ2n) is 8.47. The highest BCUT2D eigenvalue weighted by Gasteiger charge is 2.76. The first kappa shape index (κ1) is 20.8. The minimum absolute atomic E-state index is 0.191. The zero-order valence-corrected chi connectivity index (χ0v) is 16.7. The van der Waals surface area contributed by atoms with Gasteiger partial charge in [-0.3, -0.25) is 9.59 Å². The van der Waals surface area contributed by atoms with Gasteiger partial charge in [-0.15, -0.1) is 0 Å². The number of imide groups is 1. The summed E-state index contributed by atoms with van der Waals surface area (Å²) in [5, 5.41) is 8.99. The third-order valence-corrected chi connectivity index (χ3v) is 6.48. The third kappa shape index (κ3) is 2.70. The van der Waals surface area contributed by atoms with Crippen molar-refractivity contribution in [3.63, 3.8) is 0 Å². The average molecular weight is 422 g/mol. The quantitative estimate of drug-likeness (QED) is 0.695. The Hall–Kier alpha value is -2.44. The SMILES string of the molecule is CCCO[C@H]1C[C@@]2(C)O[C@@]1(C)[C@H]1C(=O)N(c3ccc(C#N)c(C(F)(F)F)c3)C(=O)[C@H]12. The first-order valence-electron chi connectivity index (χ1n) is 9.79. The Morgan fingerprint density at radius 1 is 1.27 bits per heavy atom. The van der Waals surface area contributed by atoms with E-state index in [1.165, 1.54) is 12.1 Å². The van der Waals surface area contributed by atoms with Crippen molar-refractivity contribution in [3.05, 3.63) is 29.3 Å². The predicted molar refractivity (Wildman–Crippen MR) is 98.2 cm³/mol. The monoisotopic (exact) mass is 422 g/mol. The number of amides is 2. The molecule has 0 spiro atoms. The Balaban J connectivity index is 1.74. The molecule has 9 heteroatoms. The number of carbonyl (C=O) groups is 2. The highest BCUT2D eigenvalue weighted by atomic mass is 19.4. The van der Waals surface area contributed by atoms with Crippen LogP contribution in [0.15, 0.2) is 18.2 Å². The van der Waals surface area contributed by atoms with Crippen LogP contribution >= 0.6 is 0 Å². The lowest BCUT2D eigenvalue weighted by Crippen LogP contribution is -2.50. The van der Waals surface area contributed by atoms with Crippen molar-refractivity contribution in [2.24, 2.45) is 11.8 Å². The number of anilines is 1. The lowest BCUT2D eigenvalue weighted by molar-refractivity contribution is -0.138. The van der Waals surface area contributed by atoms with E-state index in [0.717, 1.165) is 17.4 Å². The van der Waals surface area contributed by atoms with Crippen molar-refractivity contribution in [1.29, 1.82) is 5.26 Å². The van der Waals surface area contributed by atoms with E-state index in [0.29, 0.717) is 19.1 Å². The molecule has 160 valence electrons. The van der Waals surface area contributed by atoms with Gasteiger partial charge in [0.25, 0.3) is 0 Å². The number of nitrogens with zero attached hydrogens (tertiary/aromatic N) is 2. The standard InChI is InChI=1S/C21H21F3N2O4/c1-4-7-29-14-9-19(2)15-16(20(14,3)30-19)18(28)26(17(15)27)12-6-5-11(10-25)13(8-12)21(22,23)24/h5-6,8,14-16H,4,7,9H2,1-3H3/t14-,15-,16+,19+,20+/m0/s1. The molecule has 0 saturated carbocycles. The molecule has 3 heterocycles. The first-order valence-corrected chi connectivity index (χ1v) is 9.79. The maximum Gasteiger partial charge on any atom is 0.417 e. The van der Waals surface area contributed by atoms with Crippen LogP contribution in [0.1, 0.15) is 44.7 Å². The van der Waals surface area contributed by atoms with Crippen molar-refractivity contribution in [3.8, 4) is 6.07 Å². The number of halogens is 3. The summed E-state index contributed by atoms with van der Waals surface area (Å²) in [5.41, 5.74) is -3.90.